The van der Waals surface area contributed by atoms with Crippen molar-refractivity contribution in [3.63, 3.8) is 0 Å². The summed E-state index contributed by atoms with van der Waals surface area (Å²) in [5.74, 6) is 1.06. The number of nitrogens with two attached hydrogens (primary N) is 1. The van der Waals surface area contributed by atoms with Gasteiger partial charge in [-0.25, -0.2) is 4.98 Å². The number of carbonyl (C=O) groups excluding carboxylic acids is 1. The fourth-order valence-corrected chi connectivity index (χ4v) is 1.58. The normalized spacial score (nSPS) is 14.1. The van der Waals surface area contributed by atoms with E-state index in [1.807, 2.05) is 6.07 Å². The minimum absolute atomic E-state index is 0.0514. The first-order valence-electron chi connectivity index (χ1n) is 6.46. The molecule has 5 nitrogen and oxygen atoms in total. The molecule has 1 aromatic rings. The number of rotatable bonds is 5. The van der Waals surface area contributed by atoms with Crippen molar-refractivity contribution in [2.24, 2.45) is 11.7 Å². The predicted octanol–water partition coefficient (Wildman–Crippen LogP) is 1.57. The van der Waals surface area contributed by atoms with Gasteiger partial charge in [0.2, 0.25) is 0 Å². The van der Waals surface area contributed by atoms with Crippen LogP contribution in [0.5, 0.6) is 0 Å². The molecule has 0 bridgehead atoms. The molecule has 1 amide bonds. The lowest BCUT2D eigenvalue weighted by Crippen LogP contribution is -2.47. The summed E-state index contributed by atoms with van der Waals surface area (Å²) in [7, 11) is 3.44. The number of hydrogen-bond acceptors (Lipinski definition) is 4. The Kier molecular flexibility index (Phi) is 4.89. The van der Waals surface area contributed by atoms with Gasteiger partial charge in [-0.15, -0.1) is 0 Å². The molecule has 5 heteroatoms. The summed E-state index contributed by atoms with van der Waals surface area (Å²) < 4.78 is 0. The van der Waals surface area contributed by atoms with Crippen molar-refractivity contribution in [2.45, 2.75) is 26.3 Å². The predicted molar refractivity (Wildman–Crippen MR) is 78.2 cm³/mol. The largest absolute Gasteiger partial charge is 0.363 e. The molecule has 0 aliphatic heterocycles. The zero-order valence-electron chi connectivity index (χ0n) is 12.4. The Morgan fingerprint density at radius 3 is 2.47 bits per heavy atom. The second-order valence-corrected chi connectivity index (χ2v) is 5.53. The number of hydrogen-bond donors (Lipinski definition) is 2. The van der Waals surface area contributed by atoms with Crippen LogP contribution in [-0.4, -0.2) is 42.0 Å². The van der Waals surface area contributed by atoms with E-state index in [9.17, 15) is 4.79 Å². The van der Waals surface area contributed by atoms with Gasteiger partial charge in [0.25, 0.3) is 5.91 Å². The highest BCUT2D eigenvalue weighted by Gasteiger charge is 2.26. The quantitative estimate of drug-likeness (QED) is 0.847. The van der Waals surface area contributed by atoms with Crippen molar-refractivity contribution in [2.75, 3.05) is 26.0 Å². The van der Waals surface area contributed by atoms with Gasteiger partial charge in [0.1, 0.15) is 5.82 Å². The zero-order chi connectivity index (χ0) is 14.6. The van der Waals surface area contributed by atoms with Gasteiger partial charge in [-0.2, -0.15) is 0 Å². The first-order valence-corrected chi connectivity index (χ1v) is 6.46. The Labute approximate surface area is 115 Å². The van der Waals surface area contributed by atoms with Crippen molar-refractivity contribution in [1.82, 2.24) is 9.88 Å². The standard InChI is InChI=1S/C14H24N4O/c1-10(2)14(3,9-15)17-12-7-6-11(8-16-12)13(19)18(4)5/h6-8,10H,9,15H2,1-5H3,(H,16,17). The van der Waals surface area contributed by atoms with Crippen molar-refractivity contribution in [3.05, 3.63) is 23.9 Å². The summed E-state index contributed by atoms with van der Waals surface area (Å²) in [6.07, 6.45) is 1.59. The van der Waals surface area contributed by atoms with E-state index < -0.39 is 0 Å². The monoisotopic (exact) mass is 264 g/mol. The maximum atomic E-state index is 11.8. The molecule has 0 radical (unpaired) electrons. The van der Waals surface area contributed by atoms with Crippen LogP contribution in [0.4, 0.5) is 5.82 Å². The van der Waals surface area contributed by atoms with Crippen LogP contribution in [0, 0.1) is 5.92 Å². The summed E-state index contributed by atoms with van der Waals surface area (Å²) >= 11 is 0. The molecule has 3 N–H and O–H groups in total. The number of amides is 1. The molecule has 19 heavy (non-hydrogen) atoms. The van der Waals surface area contributed by atoms with Crippen LogP contribution >= 0.6 is 0 Å². The van der Waals surface area contributed by atoms with Gasteiger partial charge >= 0.3 is 0 Å². The third-order valence-corrected chi connectivity index (χ3v) is 3.53. The number of aromatic nitrogens is 1. The van der Waals surface area contributed by atoms with Crippen LogP contribution in [0.25, 0.3) is 0 Å². The molecule has 0 fully saturated rings. The van der Waals surface area contributed by atoms with Gasteiger partial charge in [0, 0.05) is 26.8 Å². The van der Waals surface area contributed by atoms with Gasteiger partial charge in [-0.3, -0.25) is 4.79 Å². The minimum Gasteiger partial charge on any atom is -0.363 e. The molecule has 0 saturated carbocycles. The molecule has 106 valence electrons. The molecule has 0 aliphatic rings. The molecule has 1 aromatic heterocycles. The lowest BCUT2D eigenvalue weighted by molar-refractivity contribution is 0.0827. The lowest BCUT2D eigenvalue weighted by Gasteiger charge is -2.34. The number of nitrogens with one attached hydrogen (secondary N) is 1. The van der Waals surface area contributed by atoms with E-state index in [1.165, 1.54) is 4.90 Å². The third kappa shape index (κ3) is 3.67. The highest BCUT2D eigenvalue weighted by Crippen LogP contribution is 2.20. The van der Waals surface area contributed by atoms with Crippen LogP contribution in [0.15, 0.2) is 18.3 Å². The second kappa shape index (κ2) is 6.02. The SMILES string of the molecule is CC(C)C(C)(CN)Nc1ccc(C(=O)N(C)C)cn1. The maximum Gasteiger partial charge on any atom is 0.254 e. The molecule has 0 saturated heterocycles. The Balaban J connectivity index is 2.85. The van der Waals surface area contributed by atoms with Crippen molar-refractivity contribution in [1.29, 1.82) is 0 Å². The molecule has 0 aromatic carbocycles. The van der Waals surface area contributed by atoms with Crippen LogP contribution in [0.1, 0.15) is 31.1 Å². The van der Waals surface area contributed by atoms with Gasteiger partial charge in [0.05, 0.1) is 11.1 Å². The van der Waals surface area contributed by atoms with Crippen molar-refractivity contribution >= 4 is 11.7 Å². The van der Waals surface area contributed by atoms with Crippen LogP contribution in [0.2, 0.25) is 0 Å². The van der Waals surface area contributed by atoms with Gasteiger partial charge < -0.3 is 16.0 Å². The van der Waals surface area contributed by atoms with Crippen molar-refractivity contribution < 1.29 is 4.79 Å². The summed E-state index contributed by atoms with van der Waals surface area (Å²) in [5, 5.41) is 3.34. The highest BCUT2D eigenvalue weighted by atomic mass is 16.2. The molecule has 1 rings (SSSR count). The molecule has 0 spiro atoms. The summed E-state index contributed by atoms with van der Waals surface area (Å²) in [5.41, 5.74) is 6.19. The average Bonchev–Trinajstić information content (AvgIpc) is 2.38. The van der Waals surface area contributed by atoms with Gasteiger partial charge in [-0.05, 0) is 25.0 Å². The van der Waals surface area contributed by atoms with E-state index in [2.05, 4.69) is 31.1 Å². The average molecular weight is 264 g/mol. The Morgan fingerprint density at radius 2 is 2.11 bits per heavy atom. The van der Waals surface area contributed by atoms with E-state index in [1.54, 1.807) is 26.4 Å². The fourth-order valence-electron chi connectivity index (χ4n) is 1.58. The van der Waals surface area contributed by atoms with E-state index in [4.69, 9.17) is 5.73 Å². The number of nitrogens with zero attached hydrogens (tertiary/aromatic N) is 2. The van der Waals surface area contributed by atoms with Gasteiger partial charge in [-0.1, -0.05) is 13.8 Å². The number of anilines is 1. The lowest BCUT2D eigenvalue weighted by atomic mass is 9.88. The Bertz CT molecular complexity index is 428. The molecular formula is C14H24N4O. The smallest absolute Gasteiger partial charge is 0.254 e. The van der Waals surface area contributed by atoms with E-state index in [-0.39, 0.29) is 11.4 Å². The second-order valence-electron chi connectivity index (χ2n) is 5.53. The highest BCUT2D eigenvalue weighted by molar-refractivity contribution is 5.93. The van der Waals surface area contributed by atoms with Crippen LogP contribution < -0.4 is 11.1 Å². The van der Waals surface area contributed by atoms with Crippen molar-refractivity contribution in [3.8, 4) is 0 Å². The molecule has 1 atom stereocenters. The van der Waals surface area contributed by atoms with E-state index in [0.29, 0.717) is 18.0 Å². The van der Waals surface area contributed by atoms with E-state index in [0.717, 1.165) is 5.82 Å². The fraction of sp³-hybridized carbons (Fsp3) is 0.571. The Hall–Kier alpha value is -1.62. The molecule has 1 heterocycles. The summed E-state index contributed by atoms with van der Waals surface area (Å²) in [4.78, 5) is 17.6. The van der Waals surface area contributed by atoms with Gasteiger partial charge in [0.15, 0.2) is 0 Å². The molecule has 0 aliphatic carbocycles. The zero-order valence-corrected chi connectivity index (χ0v) is 12.4. The summed E-state index contributed by atoms with van der Waals surface area (Å²) in [6.45, 7) is 6.82. The minimum atomic E-state index is -0.208. The number of pyridine rings is 1. The maximum absolute atomic E-state index is 11.8. The van der Waals surface area contributed by atoms with E-state index >= 15 is 0 Å². The third-order valence-electron chi connectivity index (χ3n) is 3.53. The van der Waals surface area contributed by atoms with Crippen LogP contribution in [-0.2, 0) is 0 Å². The summed E-state index contributed by atoms with van der Waals surface area (Å²) in [6, 6.07) is 3.59. The first kappa shape index (κ1) is 15.4. The molecular weight excluding hydrogens is 240 g/mol. The topological polar surface area (TPSA) is 71.2 Å². The number of carbonyl (C=O) groups is 1. The molecule has 1 unspecified atom stereocenters. The first-order chi connectivity index (χ1) is 8.80. The van der Waals surface area contributed by atoms with Crippen LogP contribution in [0.3, 0.4) is 0 Å². The Morgan fingerprint density at radius 1 is 1.47 bits per heavy atom.